The molecular weight excluding hydrogens is 362 g/mol. The van der Waals surface area contributed by atoms with Gasteiger partial charge in [-0.3, -0.25) is 9.69 Å². The highest BCUT2D eigenvalue weighted by Gasteiger charge is 2.31. The molecule has 0 saturated carbocycles. The molecule has 2 fully saturated rings. The monoisotopic (exact) mass is 387 g/mol. The van der Waals surface area contributed by atoms with Gasteiger partial charge in [-0.1, -0.05) is 11.6 Å². The Morgan fingerprint density at radius 2 is 1.93 bits per heavy atom. The molecule has 1 aromatic heterocycles. The predicted octanol–water partition coefficient (Wildman–Crippen LogP) is 4.14. The number of aromatic nitrogens is 1. The van der Waals surface area contributed by atoms with Crippen LogP contribution in [0.1, 0.15) is 37.1 Å². The van der Waals surface area contributed by atoms with Crippen molar-refractivity contribution in [2.45, 2.75) is 39.2 Å². The molecule has 27 heavy (non-hydrogen) atoms. The Morgan fingerprint density at radius 1 is 1.19 bits per heavy atom. The van der Waals surface area contributed by atoms with Gasteiger partial charge in [-0.25, -0.2) is 4.98 Å². The van der Waals surface area contributed by atoms with E-state index in [9.17, 15) is 4.79 Å². The fourth-order valence-corrected chi connectivity index (χ4v) is 4.22. The Balaban J connectivity index is 1.42. The van der Waals surface area contributed by atoms with Crippen molar-refractivity contribution in [2.75, 3.05) is 26.2 Å². The third-order valence-electron chi connectivity index (χ3n) is 5.63. The maximum absolute atomic E-state index is 12.7. The summed E-state index contributed by atoms with van der Waals surface area (Å²) >= 11 is 5.96. The number of carbonyl (C=O) groups excluding carboxylic acids is 1. The van der Waals surface area contributed by atoms with Crippen molar-refractivity contribution in [2.24, 2.45) is 5.92 Å². The highest BCUT2D eigenvalue weighted by Crippen LogP contribution is 2.26. The second kappa shape index (κ2) is 8.03. The summed E-state index contributed by atoms with van der Waals surface area (Å²) in [6, 6.07) is 7.52. The summed E-state index contributed by atoms with van der Waals surface area (Å²) in [6.45, 7) is 6.37. The maximum atomic E-state index is 12.7. The van der Waals surface area contributed by atoms with Gasteiger partial charge < -0.3 is 9.32 Å². The van der Waals surface area contributed by atoms with Crippen LogP contribution in [0.25, 0.3) is 11.5 Å². The van der Waals surface area contributed by atoms with Gasteiger partial charge in [0.25, 0.3) is 0 Å². The number of hydrogen-bond acceptors (Lipinski definition) is 4. The number of rotatable bonds is 4. The van der Waals surface area contributed by atoms with Crippen molar-refractivity contribution in [1.82, 2.24) is 14.8 Å². The van der Waals surface area contributed by atoms with Gasteiger partial charge in [0.15, 0.2) is 0 Å². The van der Waals surface area contributed by atoms with Gasteiger partial charge in [0, 0.05) is 36.8 Å². The van der Waals surface area contributed by atoms with Crippen molar-refractivity contribution in [3.63, 3.8) is 0 Å². The average molecular weight is 388 g/mol. The number of aryl methyl sites for hydroxylation is 1. The molecule has 1 atom stereocenters. The van der Waals surface area contributed by atoms with E-state index in [0.717, 1.165) is 75.4 Å². The van der Waals surface area contributed by atoms with Crippen LogP contribution in [-0.2, 0) is 11.3 Å². The molecule has 4 rings (SSSR count). The first kappa shape index (κ1) is 18.5. The summed E-state index contributed by atoms with van der Waals surface area (Å²) in [4.78, 5) is 21.8. The number of hydrogen-bond donors (Lipinski definition) is 0. The number of piperidine rings is 1. The van der Waals surface area contributed by atoms with E-state index in [-0.39, 0.29) is 5.92 Å². The van der Waals surface area contributed by atoms with Gasteiger partial charge in [0.05, 0.1) is 11.6 Å². The van der Waals surface area contributed by atoms with Gasteiger partial charge in [-0.05, 0) is 63.4 Å². The lowest BCUT2D eigenvalue weighted by Gasteiger charge is -2.33. The Labute approximate surface area is 165 Å². The SMILES string of the molecule is Cc1oc(-c2ccc(Cl)cc2)nc1CN1CCCC(C(=O)N2CCCC2)C1. The topological polar surface area (TPSA) is 49.6 Å². The maximum Gasteiger partial charge on any atom is 0.226 e. The highest BCUT2D eigenvalue weighted by atomic mass is 35.5. The van der Waals surface area contributed by atoms with Gasteiger partial charge >= 0.3 is 0 Å². The molecular formula is C21H26ClN3O2. The quantitative estimate of drug-likeness (QED) is 0.791. The Bertz CT molecular complexity index is 796. The molecule has 3 heterocycles. The molecule has 2 aliphatic rings. The van der Waals surface area contributed by atoms with E-state index < -0.39 is 0 Å². The van der Waals surface area contributed by atoms with Gasteiger partial charge in [0.1, 0.15) is 5.76 Å². The number of nitrogens with zero attached hydrogens (tertiary/aromatic N) is 3. The summed E-state index contributed by atoms with van der Waals surface area (Å²) in [7, 11) is 0. The fraction of sp³-hybridized carbons (Fsp3) is 0.524. The van der Waals surface area contributed by atoms with E-state index >= 15 is 0 Å². The third-order valence-corrected chi connectivity index (χ3v) is 5.88. The van der Waals surface area contributed by atoms with E-state index in [2.05, 4.69) is 4.90 Å². The molecule has 144 valence electrons. The first-order valence-electron chi connectivity index (χ1n) is 9.83. The van der Waals surface area contributed by atoms with E-state index in [1.54, 1.807) is 0 Å². The summed E-state index contributed by atoms with van der Waals surface area (Å²) in [5.41, 5.74) is 1.88. The molecule has 1 unspecified atom stereocenters. The Kier molecular flexibility index (Phi) is 5.50. The summed E-state index contributed by atoms with van der Waals surface area (Å²) in [5.74, 6) is 1.93. The van der Waals surface area contributed by atoms with Crippen LogP contribution in [0.5, 0.6) is 0 Å². The number of oxazole rings is 1. The number of likely N-dealkylation sites (tertiary alicyclic amines) is 2. The van der Waals surface area contributed by atoms with Gasteiger partial charge in [0.2, 0.25) is 11.8 Å². The number of benzene rings is 1. The lowest BCUT2D eigenvalue weighted by Crippen LogP contribution is -2.43. The van der Waals surface area contributed by atoms with Crippen LogP contribution >= 0.6 is 11.6 Å². The molecule has 1 aromatic carbocycles. The minimum atomic E-state index is 0.125. The second-order valence-corrected chi connectivity index (χ2v) is 8.07. The van der Waals surface area contributed by atoms with Gasteiger partial charge in [-0.2, -0.15) is 0 Å². The lowest BCUT2D eigenvalue weighted by atomic mass is 9.96. The van der Waals surface area contributed by atoms with Crippen LogP contribution in [0.3, 0.4) is 0 Å². The molecule has 0 spiro atoms. The zero-order valence-corrected chi connectivity index (χ0v) is 16.5. The molecule has 0 aliphatic carbocycles. The number of amides is 1. The van der Waals surface area contributed by atoms with Crippen molar-refractivity contribution >= 4 is 17.5 Å². The molecule has 0 bridgehead atoms. The van der Waals surface area contributed by atoms with E-state index in [4.69, 9.17) is 21.0 Å². The van der Waals surface area contributed by atoms with Crippen LogP contribution in [-0.4, -0.2) is 46.9 Å². The predicted molar refractivity (Wildman–Crippen MR) is 106 cm³/mol. The van der Waals surface area contributed by atoms with Crippen LogP contribution in [0.4, 0.5) is 0 Å². The van der Waals surface area contributed by atoms with Gasteiger partial charge in [-0.15, -0.1) is 0 Å². The number of carbonyl (C=O) groups is 1. The highest BCUT2D eigenvalue weighted by molar-refractivity contribution is 6.30. The molecule has 0 N–H and O–H groups in total. The molecule has 1 amide bonds. The molecule has 2 aliphatic heterocycles. The van der Waals surface area contributed by atoms with E-state index in [1.165, 1.54) is 0 Å². The average Bonchev–Trinajstić information content (AvgIpc) is 3.33. The molecule has 2 saturated heterocycles. The summed E-state index contributed by atoms with van der Waals surface area (Å²) < 4.78 is 5.88. The number of halogens is 1. The van der Waals surface area contributed by atoms with Crippen molar-refractivity contribution in [3.8, 4) is 11.5 Å². The third kappa shape index (κ3) is 4.19. The van der Waals surface area contributed by atoms with Crippen LogP contribution < -0.4 is 0 Å². The van der Waals surface area contributed by atoms with Crippen molar-refractivity contribution in [1.29, 1.82) is 0 Å². The summed E-state index contributed by atoms with van der Waals surface area (Å²) in [5, 5.41) is 0.698. The van der Waals surface area contributed by atoms with Crippen LogP contribution in [0.2, 0.25) is 5.02 Å². The molecule has 6 heteroatoms. The first-order valence-corrected chi connectivity index (χ1v) is 10.2. The largest absolute Gasteiger partial charge is 0.441 e. The fourth-order valence-electron chi connectivity index (χ4n) is 4.10. The smallest absolute Gasteiger partial charge is 0.226 e. The zero-order valence-electron chi connectivity index (χ0n) is 15.8. The minimum Gasteiger partial charge on any atom is -0.441 e. The Hall–Kier alpha value is -1.85. The lowest BCUT2D eigenvalue weighted by molar-refractivity contribution is -0.136. The molecule has 5 nitrogen and oxygen atoms in total. The van der Waals surface area contributed by atoms with Crippen LogP contribution in [0, 0.1) is 12.8 Å². The summed E-state index contributed by atoms with van der Waals surface area (Å²) in [6.07, 6.45) is 4.35. The second-order valence-electron chi connectivity index (χ2n) is 7.64. The first-order chi connectivity index (χ1) is 13.1. The van der Waals surface area contributed by atoms with E-state index in [0.29, 0.717) is 16.8 Å². The van der Waals surface area contributed by atoms with Crippen molar-refractivity contribution in [3.05, 3.63) is 40.7 Å². The standard InChI is InChI=1S/C21H26ClN3O2/c1-15-19(23-20(27-15)16-6-8-18(22)9-7-16)14-24-10-4-5-17(13-24)21(26)25-11-2-3-12-25/h6-9,17H,2-5,10-14H2,1H3. The van der Waals surface area contributed by atoms with Crippen LogP contribution in [0.15, 0.2) is 28.7 Å². The normalized spacial score (nSPS) is 21.0. The zero-order chi connectivity index (χ0) is 18.8. The van der Waals surface area contributed by atoms with Crippen molar-refractivity contribution < 1.29 is 9.21 Å². The molecule has 0 radical (unpaired) electrons. The minimum absolute atomic E-state index is 0.125. The van der Waals surface area contributed by atoms with E-state index in [1.807, 2.05) is 36.1 Å². The molecule has 2 aromatic rings. The Morgan fingerprint density at radius 3 is 2.67 bits per heavy atom.